The van der Waals surface area contributed by atoms with E-state index in [0.29, 0.717) is 19.3 Å². The van der Waals surface area contributed by atoms with Crippen molar-refractivity contribution < 1.29 is 23.9 Å². The van der Waals surface area contributed by atoms with Gasteiger partial charge in [-0.05, 0) is 33.6 Å². The number of esters is 1. The van der Waals surface area contributed by atoms with Gasteiger partial charge in [-0.1, -0.05) is 0 Å². The van der Waals surface area contributed by atoms with Gasteiger partial charge in [0.1, 0.15) is 17.7 Å². The van der Waals surface area contributed by atoms with E-state index >= 15 is 0 Å². The summed E-state index contributed by atoms with van der Waals surface area (Å²) in [5.74, 6) is -0.755. The number of carbonyl (C=O) groups excluding carboxylic acids is 3. The van der Waals surface area contributed by atoms with Crippen molar-refractivity contribution >= 4 is 24.2 Å². The highest BCUT2D eigenvalue weighted by atomic mass is 16.6. The van der Waals surface area contributed by atoms with Gasteiger partial charge >= 0.3 is 12.1 Å². The Hall–Kier alpha value is -2.12. The van der Waals surface area contributed by atoms with Crippen LogP contribution in [0.5, 0.6) is 0 Å². The van der Waals surface area contributed by atoms with Crippen molar-refractivity contribution in [1.29, 1.82) is 0 Å². The molecule has 134 valence electrons. The van der Waals surface area contributed by atoms with Crippen LogP contribution in [0.2, 0.25) is 0 Å². The second kappa shape index (κ2) is 7.19. The molecule has 8 nitrogen and oxygen atoms in total. The van der Waals surface area contributed by atoms with Crippen LogP contribution in [0.15, 0.2) is 4.99 Å². The Bertz CT molecular complexity index is 540. The van der Waals surface area contributed by atoms with Crippen LogP contribution in [-0.4, -0.2) is 66.5 Å². The molecular formula is C16H25N3O5. The third-order valence-corrected chi connectivity index (χ3v) is 4.01. The van der Waals surface area contributed by atoms with Gasteiger partial charge in [-0.2, -0.15) is 0 Å². The van der Waals surface area contributed by atoms with Crippen LogP contribution in [0.4, 0.5) is 4.79 Å². The Balaban J connectivity index is 2.15. The fraction of sp³-hybridized carbons (Fsp3) is 0.750. The molecular weight excluding hydrogens is 314 g/mol. The van der Waals surface area contributed by atoms with Gasteiger partial charge < -0.3 is 19.7 Å². The van der Waals surface area contributed by atoms with E-state index in [2.05, 4.69) is 10.3 Å². The first-order valence-corrected chi connectivity index (χ1v) is 8.10. The Morgan fingerprint density at radius 2 is 2.04 bits per heavy atom. The molecule has 0 bridgehead atoms. The van der Waals surface area contributed by atoms with Crippen LogP contribution < -0.4 is 5.32 Å². The molecule has 0 aromatic carbocycles. The molecule has 0 saturated carbocycles. The summed E-state index contributed by atoms with van der Waals surface area (Å²) < 4.78 is 10.0. The molecule has 2 aliphatic rings. The maximum atomic E-state index is 12.9. The van der Waals surface area contributed by atoms with Gasteiger partial charge in [-0.15, -0.1) is 0 Å². The molecule has 3 atom stereocenters. The van der Waals surface area contributed by atoms with Crippen LogP contribution in [-0.2, 0) is 19.1 Å². The third-order valence-electron chi connectivity index (χ3n) is 4.01. The smallest absolute Gasteiger partial charge is 0.408 e. The van der Waals surface area contributed by atoms with Gasteiger partial charge in [0.2, 0.25) is 5.91 Å². The zero-order chi connectivity index (χ0) is 17.9. The lowest BCUT2D eigenvalue weighted by Crippen LogP contribution is -2.56. The maximum Gasteiger partial charge on any atom is 0.408 e. The largest absolute Gasteiger partial charge is 0.467 e. The maximum absolute atomic E-state index is 12.9. The van der Waals surface area contributed by atoms with Crippen molar-refractivity contribution in [3.63, 3.8) is 0 Å². The molecule has 8 heteroatoms. The van der Waals surface area contributed by atoms with Crippen LogP contribution >= 0.6 is 0 Å². The SMILES string of the molecule is COC(=O)C1CCC2CC=NCC(NC(=O)OC(C)(C)C)C(=O)N21. The van der Waals surface area contributed by atoms with Crippen molar-refractivity contribution in [2.24, 2.45) is 4.99 Å². The predicted molar refractivity (Wildman–Crippen MR) is 86.8 cm³/mol. The molecule has 3 unspecified atom stereocenters. The minimum Gasteiger partial charge on any atom is -0.467 e. The van der Waals surface area contributed by atoms with Crippen molar-refractivity contribution in [1.82, 2.24) is 10.2 Å². The number of carbonyl (C=O) groups is 3. The molecule has 2 aliphatic heterocycles. The Morgan fingerprint density at radius 1 is 1.33 bits per heavy atom. The molecule has 2 amide bonds. The van der Waals surface area contributed by atoms with Crippen LogP contribution in [0.3, 0.4) is 0 Å². The summed E-state index contributed by atoms with van der Waals surface area (Å²) in [6, 6.07) is -1.57. The minimum atomic E-state index is -0.857. The number of methoxy groups -OCH3 is 1. The first-order chi connectivity index (χ1) is 11.2. The molecule has 2 heterocycles. The number of rotatable bonds is 2. The molecule has 24 heavy (non-hydrogen) atoms. The molecule has 1 saturated heterocycles. The van der Waals surface area contributed by atoms with Gasteiger partial charge in [0.05, 0.1) is 13.7 Å². The summed E-state index contributed by atoms with van der Waals surface area (Å²) in [6.45, 7) is 5.35. The number of nitrogens with one attached hydrogen (secondary N) is 1. The third kappa shape index (κ3) is 4.24. The van der Waals surface area contributed by atoms with E-state index in [4.69, 9.17) is 9.47 Å². The normalized spacial score (nSPS) is 27.1. The zero-order valence-electron chi connectivity index (χ0n) is 14.6. The van der Waals surface area contributed by atoms with Crippen molar-refractivity contribution in [3.8, 4) is 0 Å². The van der Waals surface area contributed by atoms with Crippen LogP contribution in [0, 0.1) is 0 Å². The highest BCUT2D eigenvalue weighted by molar-refractivity contribution is 5.91. The van der Waals surface area contributed by atoms with E-state index < -0.39 is 29.7 Å². The van der Waals surface area contributed by atoms with Gasteiger partial charge in [-0.25, -0.2) is 9.59 Å². The van der Waals surface area contributed by atoms with Crippen LogP contribution in [0.25, 0.3) is 0 Å². The van der Waals surface area contributed by atoms with Gasteiger partial charge in [0, 0.05) is 18.7 Å². The second-order valence-corrected chi connectivity index (χ2v) is 7.00. The molecule has 0 aliphatic carbocycles. The zero-order valence-corrected chi connectivity index (χ0v) is 14.6. The van der Waals surface area contributed by atoms with E-state index in [1.807, 2.05) is 0 Å². The summed E-state index contributed by atoms with van der Waals surface area (Å²) in [4.78, 5) is 42.6. The van der Waals surface area contributed by atoms with Gasteiger partial charge in [0.15, 0.2) is 0 Å². The van der Waals surface area contributed by atoms with Crippen molar-refractivity contribution in [2.45, 2.75) is 63.8 Å². The highest BCUT2D eigenvalue weighted by Crippen LogP contribution is 2.28. The fourth-order valence-electron chi connectivity index (χ4n) is 3.01. The average Bonchev–Trinajstić information content (AvgIpc) is 2.88. The number of ether oxygens (including phenoxy) is 2. The molecule has 0 aromatic heterocycles. The fourth-order valence-corrected chi connectivity index (χ4v) is 3.01. The number of aliphatic imine (C=N–C) groups is 1. The lowest BCUT2D eigenvalue weighted by Gasteiger charge is -2.33. The first kappa shape index (κ1) is 18.2. The summed E-state index contributed by atoms with van der Waals surface area (Å²) in [5, 5.41) is 2.56. The number of alkyl carbamates (subject to hydrolysis) is 1. The van der Waals surface area contributed by atoms with Crippen molar-refractivity contribution in [3.05, 3.63) is 0 Å². The molecule has 1 N–H and O–H groups in total. The number of hydrogen-bond donors (Lipinski definition) is 1. The average molecular weight is 339 g/mol. The van der Waals surface area contributed by atoms with E-state index in [-0.39, 0.29) is 18.5 Å². The van der Waals surface area contributed by atoms with Crippen LogP contribution in [0.1, 0.15) is 40.0 Å². The standard InChI is InChI=1S/C16H25N3O5/c1-16(2,3)24-15(22)18-11-9-17-8-7-10-5-6-12(14(21)23-4)19(10)13(11)20/h8,10-12H,5-7,9H2,1-4H3,(H,18,22). The topological polar surface area (TPSA) is 97.3 Å². The highest BCUT2D eigenvalue weighted by Gasteiger charge is 2.44. The Labute approximate surface area is 141 Å². The second-order valence-electron chi connectivity index (χ2n) is 7.00. The summed E-state index contributed by atoms with van der Waals surface area (Å²) >= 11 is 0. The monoisotopic (exact) mass is 339 g/mol. The van der Waals surface area contributed by atoms with E-state index in [0.717, 1.165) is 0 Å². The Kier molecular flexibility index (Phi) is 5.46. The summed E-state index contributed by atoms with van der Waals surface area (Å²) in [5.41, 5.74) is -0.664. The summed E-state index contributed by atoms with van der Waals surface area (Å²) in [7, 11) is 1.31. The molecule has 2 rings (SSSR count). The van der Waals surface area contributed by atoms with E-state index in [1.165, 1.54) is 7.11 Å². The number of fused-ring (bicyclic) bond motifs is 1. The molecule has 1 fully saturated rings. The number of amides is 2. The lowest BCUT2D eigenvalue weighted by molar-refractivity contribution is -0.152. The number of nitrogens with zero attached hydrogens (tertiary/aromatic N) is 2. The van der Waals surface area contributed by atoms with Gasteiger partial charge in [0.25, 0.3) is 0 Å². The van der Waals surface area contributed by atoms with E-state index in [9.17, 15) is 14.4 Å². The molecule has 0 aromatic rings. The van der Waals surface area contributed by atoms with Gasteiger partial charge in [-0.3, -0.25) is 9.79 Å². The quantitative estimate of drug-likeness (QED) is 0.754. The first-order valence-electron chi connectivity index (χ1n) is 8.10. The van der Waals surface area contributed by atoms with Crippen molar-refractivity contribution in [2.75, 3.05) is 13.7 Å². The molecule has 0 radical (unpaired) electrons. The van der Waals surface area contributed by atoms with E-state index in [1.54, 1.807) is 31.9 Å². The Morgan fingerprint density at radius 3 is 2.67 bits per heavy atom. The number of hydrogen-bond acceptors (Lipinski definition) is 6. The predicted octanol–water partition coefficient (Wildman–Crippen LogP) is 0.887. The minimum absolute atomic E-state index is 0.103. The lowest BCUT2D eigenvalue weighted by atomic mass is 10.1. The molecule has 0 spiro atoms. The summed E-state index contributed by atoms with van der Waals surface area (Å²) in [6.07, 6.45) is 2.92.